The largest absolute Gasteiger partial charge is 0.509 e. The maximum atomic E-state index is 13.5. The van der Waals surface area contributed by atoms with Gasteiger partial charge in [0.25, 0.3) is 11.8 Å². The lowest BCUT2D eigenvalue weighted by Crippen LogP contribution is -2.45. The summed E-state index contributed by atoms with van der Waals surface area (Å²) in [5.41, 5.74) is 4.73. The normalized spacial score (nSPS) is 23.7. The number of amidine groups is 1. The average Bonchev–Trinajstić information content (AvgIpc) is 2.88. The summed E-state index contributed by atoms with van der Waals surface area (Å²) in [4.78, 5) is 37.5. The Kier molecular flexibility index (Phi) is 5.81. The van der Waals surface area contributed by atoms with Crippen LogP contribution in [0.2, 0.25) is 0 Å². The first-order valence-electron chi connectivity index (χ1n) is 10.4. The molecule has 0 radical (unpaired) electrons. The molecule has 0 aromatic heterocycles. The number of primary amides is 1. The minimum atomic E-state index is -4.33. The second kappa shape index (κ2) is 7.74. The van der Waals surface area contributed by atoms with Gasteiger partial charge in [0.05, 0.1) is 22.6 Å². The van der Waals surface area contributed by atoms with Crippen molar-refractivity contribution in [3.05, 3.63) is 35.1 Å². The number of carbonyl (C=O) groups excluding carboxylic acids is 2. The molecule has 0 aliphatic carbocycles. The number of amides is 2. The van der Waals surface area contributed by atoms with E-state index in [2.05, 4.69) is 30.9 Å². The van der Waals surface area contributed by atoms with Crippen LogP contribution in [0.3, 0.4) is 0 Å². The number of para-hydroxylation sites is 1. The van der Waals surface area contributed by atoms with Crippen LogP contribution >= 0.6 is 7.52 Å². The van der Waals surface area contributed by atoms with E-state index in [9.17, 15) is 24.2 Å². The molecule has 0 saturated carbocycles. The van der Waals surface area contributed by atoms with Gasteiger partial charge >= 0.3 is 7.52 Å². The molecule has 2 heterocycles. The number of hydrogen-bond donors (Lipinski definition) is 4. The first-order chi connectivity index (χ1) is 14.5. The molecule has 10 heteroatoms. The summed E-state index contributed by atoms with van der Waals surface area (Å²) < 4.78 is 16.9. The van der Waals surface area contributed by atoms with Crippen LogP contribution in [0.15, 0.2) is 34.3 Å². The molecule has 0 fully saturated rings. The summed E-state index contributed by atoms with van der Waals surface area (Å²) in [6, 6.07) is 3.58. The minimum Gasteiger partial charge on any atom is -0.509 e. The van der Waals surface area contributed by atoms with Crippen molar-refractivity contribution >= 4 is 36.2 Å². The number of nitrogens with two attached hydrogens (primary N) is 1. The molecular formula is C22H31N4O5P. The highest BCUT2D eigenvalue weighted by Gasteiger charge is 2.48. The highest BCUT2D eigenvalue weighted by Crippen LogP contribution is 2.48. The van der Waals surface area contributed by atoms with Crippen molar-refractivity contribution in [3.63, 3.8) is 0 Å². The van der Waals surface area contributed by atoms with Crippen molar-refractivity contribution < 1.29 is 24.2 Å². The van der Waals surface area contributed by atoms with Crippen molar-refractivity contribution in [2.75, 3.05) is 11.9 Å². The predicted molar refractivity (Wildman–Crippen MR) is 124 cm³/mol. The van der Waals surface area contributed by atoms with Gasteiger partial charge in [-0.2, -0.15) is 4.76 Å². The van der Waals surface area contributed by atoms with E-state index in [-0.39, 0.29) is 39.1 Å². The van der Waals surface area contributed by atoms with Crippen LogP contribution in [0.25, 0.3) is 0 Å². The third-order valence-electron chi connectivity index (χ3n) is 5.56. The van der Waals surface area contributed by atoms with Crippen LogP contribution in [0, 0.1) is 10.8 Å². The third-order valence-corrected chi connectivity index (χ3v) is 7.03. The number of nitrogens with one attached hydrogen (secondary N) is 1. The Balaban J connectivity index is 2.11. The lowest BCUT2D eigenvalue weighted by atomic mass is 9.84. The van der Waals surface area contributed by atoms with Crippen molar-refractivity contribution in [1.82, 2.24) is 4.90 Å². The summed E-state index contributed by atoms with van der Waals surface area (Å²) in [7, 11) is -4.33. The van der Waals surface area contributed by atoms with Gasteiger partial charge in [-0.25, -0.2) is 0 Å². The van der Waals surface area contributed by atoms with Crippen LogP contribution in [0.5, 0.6) is 0 Å². The fourth-order valence-corrected chi connectivity index (χ4v) is 5.28. The zero-order valence-corrected chi connectivity index (χ0v) is 20.2. The number of fused-ring (bicyclic) bond motifs is 1. The van der Waals surface area contributed by atoms with Gasteiger partial charge in [0.1, 0.15) is 11.3 Å². The topological polar surface area (TPSA) is 145 Å². The number of hydrogen-bond acceptors (Lipinski definition) is 5. The first kappa shape index (κ1) is 24.0. The third kappa shape index (κ3) is 4.32. The maximum absolute atomic E-state index is 13.5. The molecule has 5 N–H and O–H groups in total. The fraction of sp³-hybridized carbons (Fsp3) is 0.500. The maximum Gasteiger partial charge on any atom is 0.346 e. The monoisotopic (exact) mass is 462 g/mol. The van der Waals surface area contributed by atoms with Crippen LogP contribution in [-0.4, -0.2) is 45.1 Å². The summed E-state index contributed by atoms with van der Waals surface area (Å²) >= 11 is 0. The van der Waals surface area contributed by atoms with Gasteiger partial charge in [-0.15, -0.1) is 0 Å². The quantitative estimate of drug-likeness (QED) is 0.506. The van der Waals surface area contributed by atoms with Crippen molar-refractivity contribution in [2.45, 2.75) is 54.0 Å². The van der Waals surface area contributed by atoms with Crippen LogP contribution in [0.1, 0.15) is 58.3 Å². The van der Waals surface area contributed by atoms with E-state index >= 15 is 0 Å². The molecule has 1 aromatic carbocycles. The fourth-order valence-electron chi connectivity index (χ4n) is 4.01. The Hall–Kier alpha value is -2.64. The summed E-state index contributed by atoms with van der Waals surface area (Å²) in [6.07, 6.45) is 0.693. The molecule has 2 aliphatic rings. The van der Waals surface area contributed by atoms with Gasteiger partial charge in [-0.05, 0) is 29.4 Å². The molecule has 2 aliphatic heterocycles. The van der Waals surface area contributed by atoms with E-state index in [1.165, 1.54) is 18.2 Å². The highest BCUT2D eigenvalue weighted by molar-refractivity contribution is 7.65. The first-order valence-corrected chi connectivity index (χ1v) is 12.0. The van der Waals surface area contributed by atoms with Crippen molar-refractivity contribution in [1.29, 1.82) is 0 Å². The predicted octanol–water partition coefficient (Wildman–Crippen LogP) is 2.93. The molecule has 174 valence electrons. The SMILES string of the molecule is CC(C)(C)CCN1C(=O)C(C2=NP(=O)(O)c3cccc(C(N)=O)c3N2)=C(O)[C@@H]1C(C)(C)C. The van der Waals surface area contributed by atoms with Gasteiger partial charge in [0.15, 0.2) is 5.84 Å². The van der Waals surface area contributed by atoms with Gasteiger partial charge < -0.3 is 26.0 Å². The lowest BCUT2D eigenvalue weighted by Gasteiger charge is -2.36. The van der Waals surface area contributed by atoms with Gasteiger partial charge in [0, 0.05) is 6.54 Å². The number of carbonyl (C=O) groups is 2. The minimum absolute atomic E-state index is 0.00771. The molecule has 1 unspecified atom stereocenters. The number of benzene rings is 1. The lowest BCUT2D eigenvalue weighted by molar-refractivity contribution is -0.128. The van der Waals surface area contributed by atoms with Crippen LogP contribution < -0.4 is 16.4 Å². The summed E-state index contributed by atoms with van der Waals surface area (Å²) in [6.45, 7) is 12.3. The standard InChI is InChI=1S/C22H31N4O5P/c1-21(2,3)10-11-26-17(22(4,5)6)16(27)14(20(26)29)19-24-15-12(18(23)28)8-7-9-13(15)32(30,31)25-19/h7-9,17,27H,10-11H2,1-6H3,(H2,23,28)(H2,24,25,30,31)/t17-/m1/s1. The van der Waals surface area contributed by atoms with E-state index in [1.807, 2.05) is 20.8 Å². The van der Waals surface area contributed by atoms with Gasteiger partial charge in [0.2, 0.25) is 0 Å². The Bertz CT molecular complexity index is 1090. The number of rotatable bonds is 4. The van der Waals surface area contributed by atoms with Crippen LogP contribution in [0.4, 0.5) is 5.69 Å². The van der Waals surface area contributed by atoms with Crippen molar-refractivity contribution in [3.8, 4) is 0 Å². The molecule has 0 spiro atoms. The number of aliphatic hydroxyl groups excluding tert-OH is 1. The molecule has 0 bridgehead atoms. The number of nitrogens with zero attached hydrogens (tertiary/aromatic N) is 2. The number of aliphatic hydroxyl groups is 1. The second-order valence-electron chi connectivity index (χ2n) is 10.5. The van der Waals surface area contributed by atoms with E-state index in [1.54, 1.807) is 4.90 Å². The van der Waals surface area contributed by atoms with E-state index < -0.39 is 30.8 Å². The molecule has 3 rings (SSSR count). The van der Waals surface area contributed by atoms with E-state index in [4.69, 9.17) is 5.73 Å². The summed E-state index contributed by atoms with van der Waals surface area (Å²) in [5, 5.41) is 13.9. The Labute approximate surface area is 187 Å². The number of anilines is 1. The molecule has 2 amide bonds. The smallest absolute Gasteiger partial charge is 0.346 e. The zero-order chi connectivity index (χ0) is 24.2. The van der Waals surface area contributed by atoms with Crippen LogP contribution in [-0.2, 0) is 9.36 Å². The van der Waals surface area contributed by atoms with E-state index in [0.29, 0.717) is 13.0 Å². The van der Waals surface area contributed by atoms with Gasteiger partial charge in [-0.1, -0.05) is 47.6 Å². The molecular weight excluding hydrogens is 431 g/mol. The van der Waals surface area contributed by atoms with E-state index in [0.717, 1.165) is 0 Å². The molecule has 32 heavy (non-hydrogen) atoms. The molecule has 9 nitrogen and oxygen atoms in total. The van der Waals surface area contributed by atoms with Crippen molar-refractivity contribution in [2.24, 2.45) is 21.3 Å². The molecule has 0 saturated heterocycles. The second-order valence-corrected chi connectivity index (χ2v) is 12.3. The Morgan fingerprint density at radius 3 is 2.41 bits per heavy atom. The van der Waals surface area contributed by atoms with Gasteiger partial charge in [-0.3, -0.25) is 14.2 Å². The molecule has 1 aromatic rings. The zero-order valence-electron chi connectivity index (χ0n) is 19.3. The summed E-state index contributed by atoms with van der Waals surface area (Å²) in [5.74, 6) is -1.75. The molecule has 2 atom stereocenters. The Morgan fingerprint density at radius 1 is 1.25 bits per heavy atom. The average molecular weight is 462 g/mol. The highest BCUT2D eigenvalue weighted by atomic mass is 31.2. The Morgan fingerprint density at radius 2 is 1.88 bits per heavy atom.